The van der Waals surface area contributed by atoms with Gasteiger partial charge in [0.25, 0.3) is 0 Å². The highest BCUT2D eigenvalue weighted by Gasteiger charge is 2.05. The molecule has 0 fully saturated rings. The molecule has 0 spiro atoms. The molecule has 0 aromatic heterocycles. The van der Waals surface area contributed by atoms with Gasteiger partial charge in [0.05, 0.1) is 21.1 Å². The van der Waals surface area contributed by atoms with E-state index in [4.69, 9.17) is 0 Å². The van der Waals surface area contributed by atoms with E-state index in [2.05, 4.69) is 81.6 Å². The molecule has 0 saturated carbocycles. The summed E-state index contributed by atoms with van der Waals surface area (Å²) in [6.45, 7) is 0. The highest BCUT2D eigenvalue weighted by atomic mass is 15.3. The van der Waals surface area contributed by atoms with Crippen LogP contribution in [0.25, 0.3) is 5.57 Å². The topological polar surface area (TPSA) is 0 Å². The van der Waals surface area contributed by atoms with Crippen LogP contribution in [-0.4, -0.2) is 25.6 Å². The van der Waals surface area contributed by atoms with E-state index in [1.165, 1.54) is 11.1 Å². The zero-order valence-corrected chi connectivity index (χ0v) is 11.8. The van der Waals surface area contributed by atoms with Gasteiger partial charge < -0.3 is 0 Å². The van der Waals surface area contributed by atoms with E-state index in [0.717, 1.165) is 10.1 Å². The van der Waals surface area contributed by atoms with Gasteiger partial charge in [-0.1, -0.05) is 66.4 Å². The Morgan fingerprint density at radius 1 is 0.789 bits per heavy atom. The van der Waals surface area contributed by atoms with Crippen molar-refractivity contribution in [2.45, 2.75) is 0 Å². The number of hydrogen-bond acceptors (Lipinski definition) is 0. The molecule has 0 atom stereocenters. The van der Waals surface area contributed by atoms with Gasteiger partial charge in [-0.25, -0.2) is 0 Å². The lowest BCUT2D eigenvalue weighted by molar-refractivity contribution is -0.817. The van der Waals surface area contributed by atoms with E-state index >= 15 is 0 Å². The molecule has 2 aromatic rings. The summed E-state index contributed by atoms with van der Waals surface area (Å²) in [5, 5.41) is 0. The van der Waals surface area contributed by atoms with E-state index < -0.39 is 0 Å². The van der Waals surface area contributed by atoms with E-state index in [0.29, 0.717) is 0 Å². The van der Waals surface area contributed by atoms with Crippen molar-refractivity contribution >= 4 is 5.57 Å². The fourth-order valence-electron chi connectivity index (χ4n) is 1.80. The first-order valence-electron chi connectivity index (χ1n) is 6.46. The normalized spacial score (nSPS) is 10.7. The molecule has 0 radical (unpaired) electrons. The Kier molecular flexibility index (Phi) is 4.01. The molecule has 96 valence electrons. The number of hydrogen-bond donors (Lipinski definition) is 0. The first-order chi connectivity index (χ1) is 9.06. The van der Waals surface area contributed by atoms with Crippen LogP contribution in [0.1, 0.15) is 11.1 Å². The molecule has 19 heavy (non-hydrogen) atoms. The Balaban J connectivity index is 2.56. The second-order valence-electron chi connectivity index (χ2n) is 5.50. The Hall–Kier alpha value is -2.08. The standard InChI is InChI=1S/C18H20N/c1-19(2,3)15-14-18(16-10-6-4-7-11-16)17-12-8-5-9-13-17/h4-13,15H,1-3H3/q+1. The largest absolute Gasteiger partial charge is 0.298 e. The molecule has 0 aliphatic heterocycles. The maximum absolute atomic E-state index is 3.46. The summed E-state index contributed by atoms with van der Waals surface area (Å²) in [6.07, 6.45) is 2.08. The van der Waals surface area contributed by atoms with Crippen molar-refractivity contribution in [3.63, 3.8) is 0 Å². The van der Waals surface area contributed by atoms with Gasteiger partial charge in [0.15, 0.2) is 0 Å². The molecule has 2 rings (SSSR count). The van der Waals surface area contributed by atoms with Crippen LogP contribution >= 0.6 is 0 Å². The molecule has 1 heteroatoms. The molecule has 0 bridgehead atoms. The molecule has 0 saturated heterocycles. The summed E-state index contributed by atoms with van der Waals surface area (Å²) >= 11 is 0. The van der Waals surface area contributed by atoms with Crippen LogP contribution in [0.2, 0.25) is 0 Å². The molecule has 0 N–H and O–H groups in total. The first kappa shape index (κ1) is 13.4. The Morgan fingerprint density at radius 3 is 1.58 bits per heavy atom. The molecule has 0 heterocycles. The fourth-order valence-corrected chi connectivity index (χ4v) is 1.80. The minimum absolute atomic E-state index is 0.753. The van der Waals surface area contributed by atoms with Crippen molar-refractivity contribution < 1.29 is 4.48 Å². The maximum atomic E-state index is 3.46. The molecule has 0 amide bonds. The van der Waals surface area contributed by atoms with Crippen molar-refractivity contribution in [3.05, 3.63) is 83.7 Å². The van der Waals surface area contributed by atoms with Gasteiger partial charge in [-0.2, -0.15) is 0 Å². The monoisotopic (exact) mass is 250 g/mol. The Bertz CT molecular complexity index is 541. The highest BCUT2D eigenvalue weighted by Crippen LogP contribution is 2.21. The van der Waals surface area contributed by atoms with Crippen molar-refractivity contribution in [3.8, 4) is 0 Å². The average Bonchev–Trinajstić information content (AvgIpc) is 2.40. The second-order valence-corrected chi connectivity index (χ2v) is 5.50. The zero-order chi connectivity index (χ0) is 13.7. The summed E-state index contributed by atoms with van der Waals surface area (Å²) in [7, 11) is 6.38. The molecule has 0 aliphatic rings. The molecule has 0 aliphatic carbocycles. The van der Waals surface area contributed by atoms with Crippen LogP contribution in [-0.2, 0) is 0 Å². The summed E-state index contributed by atoms with van der Waals surface area (Å²) < 4.78 is 0.753. The summed E-state index contributed by atoms with van der Waals surface area (Å²) in [5.74, 6) is 0. The lowest BCUT2D eigenvalue weighted by atomic mass is 9.99. The first-order valence-corrected chi connectivity index (χ1v) is 6.46. The number of rotatable bonds is 3. The van der Waals surface area contributed by atoms with Crippen LogP contribution < -0.4 is 0 Å². The molecule has 2 aromatic carbocycles. The maximum Gasteiger partial charge on any atom is 0.139 e. The third-order valence-electron chi connectivity index (χ3n) is 2.72. The van der Waals surface area contributed by atoms with Gasteiger partial charge in [0, 0.05) is 5.57 Å². The third kappa shape index (κ3) is 3.96. The van der Waals surface area contributed by atoms with Gasteiger partial charge in [0.2, 0.25) is 0 Å². The van der Waals surface area contributed by atoms with Crippen LogP contribution in [0.4, 0.5) is 0 Å². The molecule has 0 unspecified atom stereocenters. The van der Waals surface area contributed by atoms with E-state index in [-0.39, 0.29) is 0 Å². The number of benzene rings is 2. The molecular formula is C18H20N+. The summed E-state index contributed by atoms with van der Waals surface area (Å²) in [4.78, 5) is 0. The predicted octanol–water partition coefficient (Wildman–Crippen LogP) is 3.94. The lowest BCUT2D eigenvalue weighted by Gasteiger charge is -2.16. The average molecular weight is 250 g/mol. The van der Waals surface area contributed by atoms with Crippen LogP contribution in [0.5, 0.6) is 0 Å². The van der Waals surface area contributed by atoms with Gasteiger partial charge in [-0.3, -0.25) is 4.48 Å². The van der Waals surface area contributed by atoms with Gasteiger partial charge >= 0.3 is 0 Å². The van der Waals surface area contributed by atoms with Gasteiger partial charge in [-0.05, 0) is 11.1 Å². The fraction of sp³-hybridized carbons (Fsp3) is 0.167. The zero-order valence-electron chi connectivity index (χ0n) is 11.8. The molecule has 1 nitrogen and oxygen atoms in total. The van der Waals surface area contributed by atoms with Crippen molar-refractivity contribution in [2.24, 2.45) is 0 Å². The SMILES string of the molecule is C[N+](C)(C)C=C=C(c1ccccc1)c1ccccc1. The van der Waals surface area contributed by atoms with E-state index in [1.54, 1.807) is 0 Å². The van der Waals surface area contributed by atoms with Crippen molar-refractivity contribution in [1.82, 2.24) is 0 Å². The minimum Gasteiger partial charge on any atom is -0.298 e. The van der Waals surface area contributed by atoms with Gasteiger partial charge in [0.1, 0.15) is 6.20 Å². The van der Waals surface area contributed by atoms with Crippen molar-refractivity contribution in [1.29, 1.82) is 0 Å². The predicted molar refractivity (Wildman–Crippen MR) is 81.5 cm³/mol. The quantitative estimate of drug-likeness (QED) is 0.572. The van der Waals surface area contributed by atoms with Crippen LogP contribution in [0, 0.1) is 0 Å². The lowest BCUT2D eigenvalue weighted by Crippen LogP contribution is -2.26. The minimum atomic E-state index is 0.753. The Labute approximate surface area is 115 Å². The van der Waals surface area contributed by atoms with E-state index in [1.807, 2.05) is 12.1 Å². The van der Waals surface area contributed by atoms with E-state index in [9.17, 15) is 0 Å². The highest BCUT2D eigenvalue weighted by molar-refractivity contribution is 5.79. The van der Waals surface area contributed by atoms with Gasteiger partial charge in [-0.15, -0.1) is 0 Å². The van der Waals surface area contributed by atoms with Crippen LogP contribution in [0.15, 0.2) is 72.6 Å². The smallest absolute Gasteiger partial charge is 0.139 e. The third-order valence-corrected chi connectivity index (χ3v) is 2.72. The summed E-state index contributed by atoms with van der Waals surface area (Å²) in [5.41, 5.74) is 6.98. The number of quaternary nitrogens is 1. The van der Waals surface area contributed by atoms with Crippen molar-refractivity contribution in [2.75, 3.05) is 21.1 Å². The van der Waals surface area contributed by atoms with Crippen LogP contribution in [0.3, 0.4) is 0 Å². The number of nitrogens with zero attached hydrogens (tertiary/aromatic N) is 1. The Morgan fingerprint density at radius 2 is 1.21 bits per heavy atom. The second kappa shape index (κ2) is 5.71. The summed E-state index contributed by atoms with van der Waals surface area (Å²) in [6, 6.07) is 20.8. The molecular weight excluding hydrogens is 230 g/mol.